The molecule has 3 rings (SSSR count). The van der Waals surface area contributed by atoms with Gasteiger partial charge in [0.25, 0.3) is 11.7 Å². The van der Waals surface area contributed by atoms with Gasteiger partial charge >= 0.3 is 0 Å². The molecule has 2 aromatic rings. The zero-order valence-electron chi connectivity index (χ0n) is 18.7. The highest BCUT2D eigenvalue weighted by molar-refractivity contribution is 6.46. The number of aliphatic hydroxyl groups is 1. The lowest BCUT2D eigenvalue weighted by atomic mass is 9.95. The molecule has 2 aromatic carbocycles. The fourth-order valence-electron chi connectivity index (χ4n) is 4.00. The van der Waals surface area contributed by atoms with Gasteiger partial charge in [-0.1, -0.05) is 38.1 Å². The van der Waals surface area contributed by atoms with Gasteiger partial charge in [0.15, 0.2) is 0 Å². The molecule has 1 unspecified atom stereocenters. The molecule has 1 saturated heterocycles. The number of likely N-dealkylation sites (tertiary alicyclic amines) is 1. The van der Waals surface area contributed by atoms with Gasteiger partial charge < -0.3 is 24.7 Å². The molecule has 1 atom stereocenters. The van der Waals surface area contributed by atoms with Crippen molar-refractivity contribution in [3.8, 4) is 11.5 Å². The van der Waals surface area contributed by atoms with Gasteiger partial charge in [-0.2, -0.15) is 0 Å². The van der Waals surface area contributed by atoms with Gasteiger partial charge in [-0.15, -0.1) is 0 Å². The number of benzene rings is 2. The Kier molecular flexibility index (Phi) is 7.53. The lowest BCUT2D eigenvalue weighted by Crippen LogP contribution is -2.38. The van der Waals surface area contributed by atoms with Crippen molar-refractivity contribution in [1.82, 2.24) is 9.80 Å². The quantitative estimate of drug-likeness (QED) is 0.354. The van der Waals surface area contributed by atoms with Crippen molar-refractivity contribution >= 4 is 17.4 Å². The highest BCUT2D eigenvalue weighted by atomic mass is 16.5. The van der Waals surface area contributed by atoms with Crippen LogP contribution >= 0.6 is 0 Å². The van der Waals surface area contributed by atoms with E-state index in [2.05, 4.69) is 4.90 Å². The fourth-order valence-corrected chi connectivity index (χ4v) is 4.00. The van der Waals surface area contributed by atoms with Gasteiger partial charge in [0.05, 0.1) is 18.2 Å². The van der Waals surface area contributed by atoms with E-state index in [1.807, 2.05) is 20.8 Å². The third-order valence-electron chi connectivity index (χ3n) is 5.70. The summed E-state index contributed by atoms with van der Waals surface area (Å²) in [6.45, 7) is 8.95. The first-order valence-electron chi connectivity index (χ1n) is 10.9. The maximum absolute atomic E-state index is 13.1. The van der Waals surface area contributed by atoms with Crippen molar-refractivity contribution in [3.05, 3.63) is 65.2 Å². The molecule has 0 bridgehead atoms. The van der Waals surface area contributed by atoms with E-state index >= 15 is 0 Å². The average Bonchev–Trinajstić information content (AvgIpc) is 3.04. The van der Waals surface area contributed by atoms with Gasteiger partial charge in [0.1, 0.15) is 17.3 Å². The molecule has 1 aliphatic heterocycles. The number of nitrogens with zero attached hydrogens (tertiary/aromatic N) is 2. The minimum Gasteiger partial charge on any atom is -0.508 e. The van der Waals surface area contributed by atoms with Gasteiger partial charge in [-0.05, 0) is 49.8 Å². The highest BCUT2D eigenvalue weighted by Gasteiger charge is 2.46. The Morgan fingerprint density at radius 3 is 2.44 bits per heavy atom. The number of aliphatic hydroxyl groups excluding tert-OH is 1. The number of amides is 1. The summed E-state index contributed by atoms with van der Waals surface area (Å²) in [6, 6.07) is 12.4. The van der Waals surface area contributed by atoms with Crippen LogP contribution in [-0.2, 0) is 9.59 Å². The minimum absolute atomic E-state index is 0.00814. The first-order chi connectivity index (χ1) is 15.4. The van der Waals surface area contributed by atoms with E-state index in [0.717, 1.165) is 13.1 Å². The molecule has 1 fully saturated rings. The standard InChI is InChI=1S/C25H30N2O5/c1-4-26(5-2)13-14-27-22(17-9-7-11-19(28)15-17)21(24(30)25(27)31)23(29)18-10-8-12-20(16-18)32-6-3/h7-12,15-16,22,28-29H,4-6,13-14H2,1-3H3. The highest BCUT2D eigenvalue weighted by Crippen LogP contribution is 2.40. The van der Waals surface area contributed by atoms with Crippen LogP contribution in [0.2, 0.25) is 0 Å². The second kappa shape index (κ2) is 10.3. The number of rotatable bonds is 9. The lowest BCUT2D eigenvalue weighted by Gasteiger charge is -2.28. The molecule has 0 spiro atoms. The smallest absolute Gasteiger partial charge is 0.295 e. The Hall–Kier alpha value is -3.32. The number of phenols is 1. The van der Waals surface area contributed by atoms with Crippen molar-refractivity contribution < 1.29 is 24.5 Å². The van der Waals surface area contributed by atoms with Crippen LogP contribution in [0, 0.1) is 0 Å². The van der Waals surface area contributed by atoms with Gasteiger partial charge in [-0.25, -0.2) is 0 Å². The molecule has 0 radical (unpaired) electrons. The fraction of sp³-hybridized carbons (Fsp3) is 0.360. The van der Waals surface area contributed by atoms with Crippen LogP contribution in [0.4, 0.5) is 0 Å². The molecule has 0 aliphatic carbocycles. The summed E-state index contributed by atoms with van der Waals surface area (Å²) in [5.74, 6) is -1.08. The van der Waals surface area contributed by atoms with Crippen LogP contribution in [0.5, 0.6) is 11.5 Å². The van der Waals surface area contributed by atoms with Crippen LogP contribution < -0.4 is 4.74 Å². The van der Waals surface area contributed by atoms with Crippen molar-refractivity contribution in [1.29, 1.82) is 0 Å². The van der Waals surface area contributed by atoms with Gasteiger partial charge in [0, 0.05) is 18.7 Å². The van der Waals surface area contributed by atoms with E-state index in [1.165, 1.54) is 17.0 Å². The minimum atomic E-state index is -0.798. The number of aromatic hydroxyl groups is 1. The molecule has 32 heavy (non-hydrogen) atoms. The third kappa shape index (κ3) is 4.78. The summed E-state index contributed by atoms with van der Waals surface area (Å²) >= 11 is 0. The maximum atomic E-state index is 13.1. The summed E-state index contributed by atoms with van der Waals surface area (Å²) in [7, 11) is 0. The Balaban J connectivity index is 2.10. The summed E-state index contributed by atoms with van der Waals surface area (Å²) < 4.78 is 5.51. The average molecular weight is 439 g/mol. The summed E-state index contributed by atoms with van der Waals surface area (Å²) in [4.78, 5) is 29.7. The SMILES string of the molecule is CCOc1cccc(C(O)=C2C(=O)C(=O)N(CCN(CC)CC)C2c2cccc(O)c2)c1. The van der Waals surface area contributed by atoms with E-state index in [1.54, 1.807) is 36.4 Å². The molecule has 7 nitrogen and oxygen atoms in total. The Morgan fingerprint density at radius 2 is 1.78 bits per heavy atom. The van der Waals surface area contributed by atoms with Gasteiger partial charge in [0.2, 0.25) is 0 Å². The maximum Gasteiger partial charge on any atom is 0.295 e. The van der Waals surface area contributed by atoms with Crippen LogP contribution in [0.25, 0.3) is 5.76 Å². The van der Waals surface area contributed by atoms with E-state index in [9.17, 15) is 19.8 Å². The largest absolute Gasteiger partial charge is 0.508 e. The van der Waals surface area contributed by atoms with Crippen molar-refractivity contribution in [3.63, 3.8) is 0 Å². The Morgan fingerprint density at radius 1 is 1.06 bits per heavy atom. The predicted octanol–water partition coefficient (Wildman–Crippen LogP) is 3.55. The predicted molar refractivity (Wildman–Crippen MR) is 123 cm³/mol. The van der Waals surface area contributed by atoms with Crippen LogP contribution in [0.1, 0.15) is 37.9 Å². The molecule has 7 heteroatoms. The van der Waals surface area contributed by atoms with E-state index in [4.69, 9.17) is 4.74 Å². The number of phenolic OH excluding ortho intramolecular Hbond substituents is 1. The number of hydrogen-bond donors (Lipinski definition) is 2. The molecule has 2 N–H and O–H groups in total. The molecule has 1 aliphatic rings. The van der Waals surface area contributed by atoms with E-state index in [-0.39, 0.29) is 17.1 Å². The first-order valence-corrected chi connectivity index (χ1v) is 10.9. The number of likely N-dealkylation sites (N-methyl/N-ethyl adjacent to an activating group) is 1. The van der Waals surface area contributed by atoms with Gasteiger partial charge in [-0.3, -0.25) is 9.59 Å². The van der Waals surface area contributed by atoms with Crippen LogP contribution in [0.15, 0.2) is 54.1 Å². The van der Waals surface area contributed by atoms with Crippen molar-refractivity contribution in [2.24, 2.45) is 0 Å². The lowest BCUT2D eigenvalue weighted by molar-refractivity contribution is -0.140. The van der Waals surface area contributed by atoms with Crippen LogP contribution in [0.3, 0.4) is 0 Å². The summed E-state index contributed by atoms with van der Waals surface area (Å²) in [5.41, 5.74) is 0.961. The second-order valence-electron chi connectivity index (χ2n) is 7.58. The molecule has 0 aromatic heterocycles. The normalized spacial score (nSPS) is 17.9. The van der Waals surface area contributed by atoms with Crippen molar-refractivity contribution in [2.75, 3.05) is 32.8 Å². The number of carbonyl (C=O) groups excluding carboxylic acids is 2. The summed E-state index contributed by atoms with van der Waals surface area (Å²) in [6.07, 6.45) is 0. The van der Waals surface area contributed by atoms with E-state index < -0.39 is 17.7 Å². The molecular formula is C25H30N2O5. The molecule has 1 amide bonds. The zero-order valence-corrected chi connectivity index (χ0v) is 18.7. The molecular weight excluding hydrogens is 408 g/mol. The molecule has 0 saturated carbocycles. The second-order valence-corrected chi connectivity index (χ2v) is 7.58. The number of ether oxygens (including phenoxy) is 1. The molecule has 170 valence electrons. The molecule has 1 heterocycles. The van der Waals surface area contributed by atoms with Crippen molar-refractivity contribution in [2.45, 2.75) is 26.8 Å². The zero-order chi connectivity index (χ0) is 23.3. The number of Topliss-reactive ketones (excluding diaryl/α,β-unsaturated/α-hetero) is 1. The third-order valence-corrected chi connectivity index (χ3v) is 5.70. The van der Waals surface area contributed by atoms with Crippen LogP contribution in [-0.4, -0.2) is 64.5 Å². The number of hydrogen-bond acceptors (Lipinski definition) is 6. The first kappa shape index (κ1) is 23.3. The summed E-state index contributed by atoms with van der Waals surface area (Å²) in [5, 5.41) is 21.2. The monoisotopic (exact) mass is 438 g/mol. The number of ketones is 1. The number of carbonyl (C=O) groups is 2. The Bertz CT molecular complexity index is 1010. The topological polar surface area (TPSA) is 90.3 Å². The Labute approximate surface area is 188 Å². The van der Waals surface area contributed by atoms with E-state index in [0.29, 0.717) is 36.6 Å².